The van der Waals surface area contributed by atoms with Crippen LogP contribution in [0.5, 0.6) is 0 Å². The van der Waals surface area contributed by atoms with Crippen molar-refractivity contribution < 1.29 is 0 Å². The van der Waals surface area contributed by atoms with E-state index in [2.05, 4.69) is 56.4 Å². The second-order valence-electron chi connectivity index (χ2n) is 5.47. The first-order valence-corrected chi connectivity index (χ1v) is 10.4. The number of hydrogen-bond donors (Lipinski definition) is 0. The van der Waals surface area contributed by atoms with Crippen LogP contribution in [0.2, 0.25) is 0 Å². The molecule has 5 aromatic rings. The highest BCUT2D eigenvalue weighted by molar-refractivity contribution is 7.98. The molecule has 0 aliphatic rings. The molecule has 0 amide bonds. The average Bonchev–Trinajstić information content (AvgIpc) is 3.36. The lowest BCUT2D eigenvalue weighted by Gasteiger charge is -1.98. The molecule has 0 spiro atoms. The number of thioether (sulfide) groups is 1. The van der Waals surface area contributed by atoms with E-state index in [4.69, 9.17) is 4.98 Å². The largest absolute Gasteiger partial charge is 0.260 e. The van der Waals surface area contributed by atoms with Crippen molar-refractivity contribution in [3.8, 4) is 10.6 Å². The second-order valence-corrected chi connectivity index (χ2v) is 8.28. The summed E-state index contributed by atoms with van der Waals surface area (Å²) in [6.45, 7) is 0. The maximum Gasteiger partial charge on any atom is 0.217 e. The first kappa shape index (κ1) is 15.1. The van der Waals surface area contributed by atoms with Gasteiger partial charge in [0, 0.05) is 16.7 Å². The molecule has 5 rings (SSSR count). The molecular weight excluding hydrogens is 368 g/mol. The SMILES string of the molecule is c1ccc(-c2nc(CSc3nnc4sc5ccccc5n34)cs2)cc1. The molecular formula is C18H12N4S3. The highest BCUT2D eigenvalue weighted by atomic mass is 32.2. The van der Waals surface area contributed by atoms with Crippen molar-refractivity contribution in [3.05, 3.63) is 65.7 Å². The summed E-state index contributed by atoms with van der Waals surface area (Å²) in [5.74, 6) is 0.786. The molecule has 4 nitrogen and oxygen atoms in total. The van der Waals surface area contributed by atoms with Crippen LogP contribution in [0, 0.1) is 0 Å². The second kappa shape index (κ2) is 6.25. The lowest BCUT2D eigenvalue weighted by molar-refractivity contribution is 0.939. The molecule has 0 bridgehead atoms. The van der Waals surface area contributed by atoms with Crippen molar-refractivity contribution in [1.82, 2.24) is 19.6 Å². The van der Waals surface area contributed by atoms with Gasteiger partial charge < -0.3 is 0 Å². The summed E-state index contributed by atoms with van der Waals surface area (Å²) in [5.41, 5.74) is 3.40. The fourth-order valence-electron chi connectivity index (χ4n) is 2.67. The van der Waals surface area contributed by atoms with Gasteiger partial charge in [-0.05, 0) is 12.1 Å². The summed E-state index contributed by atoms with van der Waals surface area (Å²) < 4.78 is 3.36. The number of hydrogen-bond acceptors (Lipinski definition) is 6. The average molecular weight is 381 g/mol. The van der Waals surface area contributed by atoms with Gasteiger partial charge in [-0.2, -0.15) is 0 Å². The zero-order chi connectivity index (χ0) is 16.6. The minimum atomic E-state index is 0.786. The number of nitrogens with zero attached hydrogens (tertiary/aromatic N) is 4. The summed E-state index contributed by atoms with van der Waals surface area (Å²) in [5, 5.41) is 12.8. The van der Waals surface area contributed by atoms with Gasteiger partial charge in [0.1, 0.15) is 5.01 Å². The van der Waals surface area contributed by atoms with Crippen LogP contribution in [-0.4, -0.2) is 19.6 Å². The van der Waals surface area contributed by atoms with E-state index >= 15 is 0 Å². The Labute approximate surface area is 156 Å². The van der Waals surface area contributed by atoms with E-state index in [-0.39, 0.29) is 0 Å². The van der Waals surface area contributed by atoms with Crippen molar-refractivity contribution in [1.29, 1.82) is 0 Å². The standard InChI is InChI=1S/C18H12N4S3/c1-2-6-12(7-3-1)16-19-13(10-23-16)11-24-17-20-21-18-22(17)14-8-4-5-9-15(14)25-18/h1-10H,11H2. The smallest absolute Gasteiger partial charge is 0.217 e. The van der Waals surface area contributed by atoms with Gasteiger partial charge in [0.15, 0.2) is 5.16 Å². The maximum atomic E-state index is 4.75. The number of rotatable bonds is 4. The minimum Gasteiger partial charge on any atom is -0.260 e. The summed E-state index contributed by atoms with van der Waals surface area (Å²) in [6, 6.07) is 18.6. The van der Waals surface area contributed by atoms with Crippen LogP contribution in [0.15, 0.2) is 65.1 Å². The molecule has 3 heterocycles. The van der Waals surface area contributed by atoms with Crippen LogP contribution in [0.25, 0.3) is 25.7 Å². The van der Waals surface area contributed by atoms with Crippen molar-refractivity contribution in [2.75, 3.05) is 0 Å². The van der Waals surface area contributed by atoms with Gasteiger partial charge in [-0.1, -0.05) is 65.6 Å². The highest BCUT2D eigenvalue weighted by Gasteiger charge is 2.13. The fraction of sp³-hybridized carbons (Fsp3) is 0.0556. The molecule has 0 aliphatic heterocycles. The molecule has 0 atom stereocenters. The predicted molar refractivity (Wildman–Crippen MR) is 105 cm³/mol. The molecule has 0 N–H and O–H groups in total. The normalized spacial score (nSPS) is 11.5. The molecule has 0 saturated carbocycles. The third-order valence-electron chi connectivity index (χ3n) is 3.83. The van der Waals surface area contributed by atoms with Gasteiger partial charge in [-0.3, -0.25) is 4.40 Å². The molecule has 2 aromatic carbocycles. The minimum absolute atomic E-state index is 0.786. The van der Waals surface area contributed by atoms with E-state index in [9.17, 15) is 0 Å². The van der Waals surface area contributed by atoms with Crippen molar-refractivity contribution in [2.45, 2.75) is 10.9 Å². The molecule has 0 radical (unpaired) electrons. The third-order valence-corrected chi connectivity index (χ3v) is 6.75. The molecule has 25 heavy (non-hydrogen) atoms. The van der Waals surface area contributed by atoms with E-state index in [0.29, 0.717) is 0 Å². The monoisotopic (exact) mass is 380 g/mol. The van der Waals surface area contributed by atoms with Crippen LogP contribution in [0.4, 0.5) is 0 Å². The number of benzene rings is 2. The summed E-state index contributed by atoms with van der Waals surface area (Å²) in [6.07, 6.45) is 0. The highest BCUT2D eigenvalue weighted by Crippen LogP contribution is 2.31. The first-order chi connectivity index (χ1) is 12.4. The summed E-state index contributed by atoms with van der Waals surface area (Å²) in [7, 11) is 0. The fourth-order valence-corrected chi connectivity index (χ4v) is 5.47. The maximum absolute atomic E-state index is 4.75. The van der Waals surface area contributed by atoms with Crippen LogP contribution < -0.4 is 0 Å². The topological polar surface area (TPSA) is 43.1 Å². The lowest BCUT2D eigenvalue weighted by atomic mass is 10.2. The Morgan fingerprint density at radius 3 is 2.72 bits per heavy atom. The Bertz CT molecular complexity index is 1160. The van der Waals surface area contributed by atoms with Crippen molar-refractivity contribution >= 4 is 49.6 Å². The Balaban J connectivity index is 1.42. The van der Waals surface area contributed by atoms with Crippen LogP contribution in [0.1, 0.15) is 5.69 Å². The first-order valence-electron chi connectivity index (χ1n) is 7.74. The van der Waals surface area contributed by atoms with E-state index in [1.807, 2.05) is 18.2 Å². The number of thiazole rings is 2. The Kier molecular flexibility index (Phi) is 3.77. The molecule has 7 heteroatoms. The van der Waals surface area contributed by atoms with Crippen molar-refractivity contribution in [3.63, 3.8) is 0 Å². The zero-order valence-corrected chi connectivity index (χ0v) is 15.4. The van der Waals surface area contributed by atoms with Gasteiger partial charge in [0.05, 0.1) is 15.9 Å². The zero-order valence-electron chi connectivity index (χ0n) is 13.0. The Hall–Kier alpha value is -2.22. The third kappa shape index (κ3) is 2.74. The van der Waals surface area contributed by atoms with E-state index in [1.165, 1.54) is 10.2 Å². The van der Waals surface area contributed by atoms with Gasteiger partial charge in [-0.15, -0.1) is 21.5 Å². The van der Waals surface area contributed by atoms with Gasteiger partial charge in [0.25, 0.3) is 0 Å². The Morgan fingerprint density at radius 2 is 1.80 bits per heavy atom. The van der Waals surface area contributed by atoms with E-state index < -0.39 is 0 Å². The molecule has 0 fully saturated rings. The van der Waals surface area contributed by atoms with Crippen LogP contribution >= 0.6 is 34.4 Å². The van der Waals surface area contributed by atoms with Crippen LogP contribution in [-0.2, 0) is 5.75 Å². The molecule has 0 saturated heterocycles. The predicted octanol–water partition coefficient (Wildman–Crippen LogP) is 5.36. The molecule has 122 valence electrons. The van der Waals surface area contributed by atoms with Crippen LogP contribution in [0.3, 0.4) is 0 Å². The Morgan fingerprint density at radius 1 is 0.960 bits per heavy atom. The van der Waals surface area contributed by atoms with Gasteiger partial charge >= 0.3 is 0 Å². The lowest BCUT2D eigenvalue weighted by Crippen LogP contribution is -1.87. The number of fused-ring (bicyclic) bond motifs is 3. The summed E-state index contributed by atoms with van der Waals surface area (Å²) >= 11 is 5.03. The van der Waals surface area contributed by atoms with Gasteiger partial charge in [0.2, 0.25) is 4.96 Å². The number of aromatic nitrogens is 4. The summed E-state index contributed by atoms with van der Waals surface area (Å²) in [4.78, 5) is 5.69. The molecule has 3 aromatic heterocycles. The quantitative estimate of drug-likeness (QED) is 0.394. The molecule has 0 aliphatic carbocycles. The van der Waals surface area contributed by atoms with Crippen molar-refractivity contribution in [2.24, 2.45) is 0 Å². The molecule has 0 unspecified atom stereocenters. The van der Waals surface area contributed by atoms with Gasteiger partial charge in [-0.25, -0.2) is 4.98 Å². The number of para-hydroxylation sites is 1. The van der Waals surface area contributed by atoms with E-state index in [1.54, 1.807) is 34.4 Å². The van der Waals surface area contributed by atoms with E-state index in [0.717, 1.165) is 32.1 Å².